The topological polar surface area (TPSA) is 185 Å². The lowest BCUT2D eigenvalue weighted by molar-refractivity contribution is -0.150. The maximum atomic E-state index is 13.2. The molecule has 11 nitrogen and oxygen atoms in total. The molecular formula is C24H35N5O6. The van der Waals surface area contributed by atoms with Gasteiger partial charge < -0.3 is 32.1 Å². The minimum absolute atomic E-state index is 0.219. The molecule has 1 heterocycles. The molecule has 0 aliphatic carbocycles. The van der Waals surface area contributed by atoms with Gasteiger partial charge in [0.2, 0.25) is 23.6 Å². The fourth-order valence-electron chi connectivity index (χ4n) is 4.05. The van der Waals surface area contributed by atoms with Crippen LogP contribution in [0.25, 0.3) is 0 Å². The van der Waals surface area contributed by atoms with Gasteiger partial charge in [0, 0.05) is 6.54 Å². The summed E-state index contributed by atoms with van der Waals surface area (Å²) in [6.45, 7) is 3.86. The fraction of sp³-hybridized carbons (Fsp3) is 0.542. The number of primary amides is 1. The number of hydrogen-bond acceptors (Lipinski definition) is 6. The number of rotatable bonds is 12. The number of aliphatic carboxylic acids is 1. The molecule has 4 amide bonds. The van der Waals surface area contributed by atoms with E-state index in [1.165, 1.54) is 4.90 Å². The van der Waals surface area contributed by atoms with E-state index in [4.69, 9.17) is 11.5 Å². The van der Waals surface area contributed by atoms with Gasteiger partial charge in [-0.05, 0) is 30.7 Å². The van der Waals surface area contributed by atoms with E-state index in [1.807, 2.05) is 37.3 Å². The van der Waals surface area contributed by atoms with Crippen LogP contribution in [-0.2, 0) is 30.4 Å². The number of hydrogen-bond donors (Lipinski definition) is 5. The number of carbonyl (C=O) groups is 5. The van der Waals surface area contributed by atoms with Gasteiger partial charge in [0.25, 0.3) is 0 Å². The second kappa shape index (κ2) is 12.8. The van der Waals surface area contributed by atoms with Crippen molar-refractivity contribution in [3.63, 3.8) is 0 Å². The minimum atomic E-state index is -1.34. The maximum absolute atomic E-state index is 13.2. The number of amides is 4. The van der Waals surface area contributed by atoms with Gasteiger partial charge in [-0.25, -0.2) is 4.79 Å². The van der Waals surface area contributed by atoms with E-state index in [0.717, 1.165) is 5.56 Å². The van der Waals surface area contributed by atoms with Crippen molar-refractivity contribution in [1.82, 2.24) is 15.5 Å². The minimum Gasteiger partial charge on any atom is -0.480 e. The van der Waals surface area contributed by atoms with Crippen LogP contribution < -0.4 is 22.1 Å². The third-order valence-corrected chi connectivity index (χ3v) is 6.27. The van der Waals surface area contributed by atoms with Crippen LogP contribution >= 0.6 is 0 Å². The normalized spacial score (nSPS) is 18.7. The molecular weight excluding hydrogens is 454 g/mol. The molecule has 35 heavy (non-hydrogen) atoms. The zero-order valence-corrected chi connectivity index (χ0v) is 20.1. The molecule has 0 bridgehead atoms. The second-order valence-corrected chi connectivity index (χ2v) is 8.93. The molecule has 0 aromatic heterocycles. The van der Waals surface area contributed by atoms with Crippen molar-refractivity contribution in [1.29, 1.82) is 0 Å². The van der Waals surface area contributed by atoms with Crippen molar-refractivity contribution in [3.8, 4) is 0 Å². The van der Waals surface area contributed by atoms with E-state index in [-0.39, 0.29) is 18.9 Å². The van der Waals surface area contributed by atoms with E-state index >= 15 is 0 Å². The van der Waals surface area contributed by atoms with Gasteiger partial charge in [-0.2, -0.15) is 0 Å². The van der Waals surface area contributed by atoms with E-state index in [2.05, 4.69) is 10.6 Å². The lowest BCUT2D eigenvalue weighted by Gasteiger charge is -2.31. The number of nitrogens with two attached hydrogens (primary N) is 2. The number of nitrogens with zero attached hydrogens (tertiary/aromatic N) is 1. The first kappa shape index (κ1) is 27.8. The van der Waals surface area contributed by atoms with Crippen LogP contribution in [0.5, 0.6) is 0 Å². The van der Waals surface area contributed by atoms with Crippen LogP contribution in [-0.4, -0.2) is 70.3 Å². The highest BCUT2D eigenvalue weighted by atomic mass is 16.4. The van der Waals surface area contributed by atoms with Crippen LogP contribution in [0.2, 0.25) is 0 Å². The summed E-state index contributed by atoms with van der Waals surface area (Å²) in [6, 6.07) is 4.77. The Morgan fingerprint density at radius 1 is 1.11 bits per heavy atom. The van der Waals surface area contributed by atoms with E-state index in [9.17, 15) is 29.1 Å². The number of carboxylic acids is 1. The molecule has 1 aliphatic heterocycles. The summed E-state index contributed by atoms with van der Waals surface area (Å²) >= 11 is 0. The predicted molar refractivity (Wildman–Crippen MR) is 128 cm³/mol. The highest BCUT2D eigenvalue weighted by Gasteiger charge is 2.40. The molecule has 1 aromatic carbocycles. The van der Waals surface area contributed by atoms with Gasteiger partial charge >= 0.3 is 5.97 Å². The van der Waals surface area contributed by atoms with Gasteiger partial charge in [-0.3, -0.25) is 19.2 Å². The van der Waals surface area contributed by atoms with Crippen molar-refractivity contribution in [2.24, 2.45) is 17.4 Å². The predicted octanol–water partition coefficient (Wildman–Crippen LogP) is -0.477. The quantitative estimate of drug-likeness (QED) is 0.262. The molecule has 7 N–H and O–H groups in total. The number of likely N-dealkylation sites (tertiary alicyclic amines) is 1. The third kappa shape index (κ3) is 7.78. The summed E-state index contributed by atoms with van der Waals surface area (Å²) < 4.78 is 0. The second-order valence-electron chi connectivity index (χ2n) is 8.93. The van der Waals surface area contributed by atoms with Gasteiger partial charge in [-0.1, -0.05) is 50.6 Å². The Morgan fingerprint density at radius 2 is 1.77 bits per heavy atom. The first-order chi connectivity index (χ1) is 16.5. The van der Waals surface area contributed by atoms with Crippen molar-refractivity contribution in [3.05, 3.63) is 35.9 Å². The largest absolute Gasteiger partial charge is 0.480 e. The molecule has 5 unspecified atom stereocenters. The van der Waals surface area contributed by atoms with Gasteiger partial charge in [-0.15, -0.1) is 0 Å². The molecule has 1 aliphatic rings. The molecule has 1 fully saturated rings. The SMILES string of the molecule is CCC(C)C(NC(=O)C(CC(N)=O)NC(=O)C(N)Cc1ccccc1)C(=O)N1CCCC1C(=O)O. The monoisotopic (exact) mass is 489 g/mol. The lowest BCUT2D eigenvalue weighted by atomic mass is 9.96. The molecule has 2 rings (SSSR count). The average molecular weight is 490 g/mol. The van der Waals surface area contributed by atoms with Crippen molar-refractivity contribution in [2.45, 2.75) is 70.1 Å². The zero-order chi connectivity index (χ0) is 26.1. The molecule has 192 valence electrons. The van der Waals surface area contributed by atoms with Gasteiger partial charge in [0.1, 0.15) is 18.1 Å². The van der Waals surface area contributed by atoms with Crippen LogP contribution in [0.3, 0.4) is 0 Å². The first-order valence-corrected chi connectivity index (χ1v) is 11.8. The molecule has 11 heteroatoms. The van der Waals surface area contributed by atoms with Crippen LogP contribution in [0.4, 0.5) is 0 Å². The molecule has 5 atom stereocenters. The standard InChI is InChI=1S/C24H35N5O6/c1-3-14(2)20(23(33)29-11-7-10-18(29)24(34)35)28-22(32)17(13-19(26)30)27-21(31)16(25)12-15-8-5-4-6-9-15/h4-6,8-9,14,16-18,20H,3,7,10-13,25H2,1-2H3,(H2,26,30)(H,27,31)(H,28,32)(H,34,35). The molecule has 1 aromatic rings. The number of carboxylic acid groups (broad SMARTS) is 1. The van der Waals surface area contributed by atoms with Crippen molar-refractivity contribution in [2.75, 3.05) is 6.54 Å². The Hall–Kier alpha value is -3.47. The van der Waals surface area contributed by atoms with Crippen molar-refractivity contribution < 1.29 is 29.1 Å². The van der Waals surface area contributed by atoms with Crippen LogP contribution in [0.15, 0.2) is 30.3 Å². The van der Waals surface area contributed by atoms with E-state index in [1.54, 1.807) is 6.92 Å². The summed E-state index contributed by atoms with van der Waals surface area (Å²) in [6.07, 6.45) is 1.14. The Labute approximate surface area is 204 Å². The summed E-state index contributed by atoms with van der Waals surface area (Å²) in [5, 5.41) is 14.5. The van der Waals surface area contributed by atoms with Crippen molar-refractivity contribution >= 4 is 29.6 Å². The molecule has 0 saturated carbocycles. The summed E-state index contributed by atoms with van der Waals surface area (Å²) in [4.78, 5) is 63.4. The maximum Gasteiger partial charge on any atom is 0.326 e. The van der Waals surface area contributed by atoms with Crippen LogP contribution in [0, 0.1) is 5.92 Å². The molecule has 1 saturated heterocycles. The Bertz CT molecular complexity index is 924. The van der Waals surface area contributed by atoms with Gasteiger partial charge in [0.15, 0.2) is 0 Å². The Kier molecular flexibility index (Phi) is 10.2. The number of nitrogens with one attached hydrogen (secondary N) is 2. The number of benzene rings is 1. The highest BCUT2D eigenvalue weighted by molar-refractivity contribution is 5.96. The fourth-order valence-corrected chi connectivity index (χ4v) is 4.05. The molecule has 0 spiro atoms. The van der Waals surface area contributed by atoms with E-state index in [0.29, 0.717) is 19.3 Å². The Balaban J connectivity index is 2.15. The Morgan fingerprint density at radius 3 is 2.34 bits per heavy atom. The van der Waals surface area contributed by atoms with Gasteiger partial charge in [0.05, 0.1) is 12.5 Å². The lowest BCUT2D eigenvalue weighted by Crippen LogP contribution is -2.59. The summed E-state index contributed by atoms with van der Waals surface area (Å²) in [7, 11) is 0. The van der Waals surface area contributed by atoms with E-state index < -0.39 is 60.2 Å². The highest BCUT2D eigenvalue weighted by Crippen LogP contribution is 2.21. The van der Waals surface area contributed by atoms with Crippen LogP contribution in [0.1, 0.15) is 45.1 Å². The summed E-state index contributed by atoms with van der Waals surface area (Å²) in [5.74, 6) is -4.18. The zero-order valence-electron chi connectivity index (χ0n) is 20.1. The summed E-state index contributed by atoms with van der Waals surface area (Å²) in [5.41, 5.74) is 12.1. The first-order valence-electron chi connectivity index (χ1n) is 11.8. The average Bonchev–Trinajstić information content (AvgIpc) is 3.31. The number of carbonyl (C=O) groups excluding carboxylic acids is 4. The smallest absolute Gasteiger partial charge is 0.326 e. The molecule has 0 radical (unpaired) electrons. The third-order valence-electron chi connectivity index (χ3n) is 6.27.